The number of rotatable bonds is 8. The van der Waals surface area contributed by atoms with Gasteiger partial charge in [0.1, 0.15) is 12.4 Å². The summed E-state index contributed by atoms with van der Waals surface area (Å²) in [6.07, 6.45) is 2.69. The summed E-state index contributed by atoms with van der Waals surface area (Å²) >= 11 is 3.42. The molecule has 0 fully saturated rings. The van der Waals surface area contributed by atoms with Gasteiger partial charge in [-0.2, -0.15) is 0 Å². The van der Waals surface area contributed by atoms with Gasteiger partial charge in [-0.1, -0.05) is 29.8 Å². The molecule has 0 aliphatic heterocycles. The Balaban J connectivity index is 2.86. The van der Waals surface area contributed by atoms with E-state index in [2.05, 4.69) is 34.7 Å². The van der Waals surface area contributed by atoms with E-state index in [1.165, 1.54) is 0 Å². The number of aliphatic carboxylic acids is 1. The zero-order valence-corrected chi connectivity index (χ0v) is 14.3. The Kier molecular flexibility index (Phi) is 7.47. The van der Waals surface area contributed by atoms with Gasteiger partial charge in [-0.05, 0) is 43.8 Å². The molecule has 116 valence electrons. The van der Waals surface area contributed by atoms with Crippen molar-refractivity contribution in [2.75, 3.05) is 26.2 Å². The molecule has 1 aromatic rings. The van der Waals surface area contributed by atoms with Gasteiger partial charge < -0.3 is 14.7 Å². The van der Waals surface area contributed by atoms with Crippen LogP contribution in [0.2, 0.25) is 0 Å². The molecule has 0 saturated heterocycles. The maximum Gasteiger partial charge on any atom is 0.328 e. The number of carbonyl (C=O) groups is 1. The molecule has 0 spiro atoms. The van der Waals surface area contributed by atoms with Crippen LogP contribution in [-0.2, 0) is 4.79 Å². The van der Waals surface area contributed by atoms with Crippen molar-refractivity contribution in [3.8, 4) is 5.75 Å². The number of likely N-dealkylation sites (N-methyl/N-ethyl adjacent to an activating group) is 1. The molecule has 0 bridgehead atoms. The molecule has 21 heavy (non-hydrogen) atoms. The van der Waals surface area contributed by atoms with E-state index in [9.17, 15) is 4.79 Å². The summed E-state index contributed by atoms with van der Waals surface area (Å²) < 4.78 is 6.79. The zero-order chi connectivity index (χ0) is 15.8. The van der Waals surface area contributed by atoms with Crippen LogP contribution in [-0.4, -0.2) is 42.2 Å². The Morgan fingerprint density at radius 3 is 2.62 bits per heavy atom. The largest absolute Gasteiger partial charge is 0.491 e. The number of nitrogens with zero attached hydrogens (tertiary/aromatic N) is 1. The molecular formula is C16H22BrNO3. The Morgan fingerprint density at radius 2 is 2.05 bits per heavy atom. The molecular weight excluding hydrogens is 334 g/mol. The van der Waals surface area contributed by atoms with Gasteiger partial charge in [0.2, 0.25) is 0 Å². The first kappa shape index (κ1) is 17.7. The molecule has 1 N–H and O–H groups in total. The minimum Gasteiger partial charge on any atom is -0.491 e. The summed E-state index contributed by atoms with van der Waals surface area (Å²) in [5.41, 5.74) is 1.75. The van der Waals surface area contributed by atoms with Crippen molar-refractivity contribution in [1.29, 1.82) is 0 Å². The molecule has 1 rings (SSSR count). The lowest BCUT2D eigenvalue weighted by Gasteiger charge is -2.19. The fraction of sp³-hybridized carbons (Fsp3) is 0.438. The summed E-state index contributed by atoms with van der Waals surface area (Å²) in [4.78, 5) is 13.0. The second-order valence-electron chi connectivity index (χ2n) is 4.69. The van der Waals surface area contributed by atoms with E-state index in [4.69, 9.17) is 9.84 Å². The van der Waals surface area contributed by atoms with E-state index in [-0.39, 0.29) is 0 Å². The molecule has 4 nitrogen and oxygen atoms in total. The van der Waals surface area contributed by atoms with Gasteiger partial charge >= 0.3 is 5.97 Å². The standard InChI is InChI=1S/C16H22BrNO3/c1-4-18(5-2)8-9-21-16-12(3)10-14(17)11-13(16)6-7-15(19)20/h6-7,10-11H,4-5,8-9H2,1-3H3,(H,19,20)/b7-6+. The highest BCUT2D eigenvalue weighted by atomic mass is 79.9. The van der Waals surface area contributed by atoms with Crippen LogP contribution in [0, 0.1) is 6.92 Å². The first-order chi connectivity index (χ1) is 9.97. The van der Waals surface area contributed by atoms with Crippen molar-refractivity contribution in [1.82, 2.24) is 4.90 Å². The third-order valence-electron chi connectivity index (χ3n) is 3.22. The molecule has 0 aliphatic rings. The van der Waals surface area contributed by atoms with Crippen molar-refractivity contribution >= 4 is 28.0 Å². The predicted octanol–water partition coefficient (Wildman–Crippen LogP) is 3.58. The number of halogens is 1. The van der Waals surface area contributed by atoms with Crippen LogP contribution in [0.5, 0.6) is 5.75 Å². The Labute approximate surface area is 134 Å². The summed E-state index contributed by atoms with van der Waals surface area (Å²) in [6, 6.07) is 3.82. The molecule has 0 atom stereocenters. The second-order valence-corrected chi connectivity index (χ2v) is 5.60. The van der Waals surface area contributed by atoms with Crippen LogP contribution in [0.1, 0.15) is 25.0 Å². The van der Waals surface area contributed by atoms with E-state index in [1.54, 1.807) is 6.08 Å². The average Bonchev–Trinajstić information content (AvgIpc) is 2.43. The maximum atomic E-state index is 10.7. The van der Waals surface area contributed by atoms with Crippen LogP contribution in [0.15, 0.2) is 22.7 Å². The van der Waals surface area contributed by atoms with Crippen LogP contribution in [0.3, 0.4) is 0 Å². The van der Waals surface area contributed by atoms with E-state index >= 15 is 0 Å². The van der Waals surface area contributed by atoms with Crippen molar-refractivity contribution in [3.63, 3.8) is 0 Å². The highest BCUT2D eigenvalue weighted by Gasteiger charge is 2.08. The normalized spacial score (nSPS) is 11.3. The first-order valence-electron chi connectivity index (χ1n) is 7.04. The Bertz CT molecular complexity index is 510. The monoisotopic (exact) mass is 355 g/mol. The quantitative estimate of drug-likeness (QED) is 0.724. The minimum atomic E-state index is -0.971. The Hall–Kier alpha value is -1.33. The lowest BCUT2D eigenvalue weighted by atomic mass is 10.1. The van der Waals surface area contributed by atoms with E-state index in [1.807, 2.05) is 19.1 Å². The van der Waals surface area contributed by atoms with Crippen molar-refractivity contribution in [2.24, 2.45) is 0 Å². The SMILES string of the molecule is CCN(CC)CCOc1c(C)cc(Br)cc1/C=C/C(=O)O. The fourth-order valence-corrected chi connectivity index (χ4v) is 2.64. The number of carboxylic acid groups (broad SMARTS) is 1. The van der Waals surface area contributed by atoms with Crippen molar-refractivity contribution < 1.29 is 14.6 Å². The molecule has 0 heterocycles. The van der Waals surface area contributed by atoms with E-state index < -0.39 is 5.97 Å². The highest BCUT2D eigenvalue weighted by molar-refractivity contribution is 9.10. The van der Waals surface area contributed by atoms with Gasteiger partial charge in [-0.3, -0.25) is 0 Å². The molecule has 0 radical (unpaired) electrons. The molecule has 0 aliphatic carbocycles. The smallest absolute Gasteiger partial charge is 0.328 e. The fourth-order valence-electron chi connectivity index (χ4n) is 2.05. The lowest BCUT2D eigenvalue weighted by molar-refractivity contribution is -0.131. The number of carboxylic acids is 1. The maximum absolute atomic E-state index is 10.7. The van der Waals surface area contributed by atoms with Crippen LogP contribution in [0.4, 0.5) is 0 Å². The molecule has 5 heteroatoms. The summed E-state index contributed by atoms with van der Waals surface area (Å²) in [5.74, 6) is -0.232. The molecule has 0 saturated carbocycles. The number of hydrogen-bond donors (Lipinski definition) is 1. The minimum absolute atomic E-state index is 0.581. The van der Waals surface area contributed by atoms with Gasteiger partial charge in [0.15, 0.2) is 0 Å². The van der Waals surface area contributed by atoms with E-state index in [0.717, 1.165) is 47.1 Å². The lowest BCUT2D eigenvalue weighted by Crippen LogP contribution is -2.28. The van der Waals surface area contributed by atoms with Gasteiger partial charge in [0.25, 0.3) is 0 Å². The van der Waals surface area contributed by atoms with Crippen LogP contribution >= 0.6 is 15.9 Å². The molecule has 0 amide bonds. The van der Waals surface area contributed by atoms with Crippen molar-refractivity contribution in [2.45, 2.75) is 20.8 Å². The van der Waals surface area contributed by atoms with Gasteiger partial charge in [0, 0.05) is 22.7 Å². The van der Waals surface area contributed by atoms with Crippen LogP contribution in [0.25, 0.3) is 6.08 Å². The molecule has 1 aromatic carbocycles. The van der Waals surface area contributed by atoms with Gasteiger partial charge in [-0.15, -0.1) is 0 Å². The molecule has 0 aromatic heterocycles. The van der Waals surface area contributed by atoms with E-state index in [0.29, 0.717) is 6.61 Å². The number of ether oxygens (including phenoxy) is 1. The zero-order valence-electron chi connectivity index (χ0n) is 12.7. The topological polar surface area (TPSA) is 49.8 Å². The average molecular weight is 356 g/mol. The summed E-state index contributed by atoms with van der Waals surface area (Å²) in [6.45, 7) is 9.61. The van der Waals surface area contributed by atoms with Crippen molar-refractivity contribution in [3.05, 3.63) is 33.8 Å². The number of benzene rings is 1. The third kappa shape index (κ3) is 5.89. The highest BCUT2D eigenvalue weighted by Crippen LogP contribution is 2.29. The predicted molar refractivity (Wildman–Crippen MR) is 88.8 cm³/mol. The van der Waals surface area contributed by atoms with Gasteiger partial charge in [0.05, 0.1) is 0 Å². The summed E-state index contributed by atoms with van der Waals surface area (Å²) in [5, 5.41) is 8.77. The third-order valence-corrected chi connectivity index (χ3v) is 3.68. The number of hydrogen-bond acceptors (Lipinski definition) is 3. The first-order valence-corrected chi connectivity index (χ1v) is 7.83. The van der Waals surface area contributed by atoms with Gasteiger partial charge in [-0.25, -0.2) is 4.79 Å². The number of aryl methyl sites for hydroxylation is 1. The second kappa shape index (κ2) is 8.85. The summed E-state index contributed by atoms with van der Waals surface area (Å²) in [7, 11) is 0. The Morgan fingerprint density at radius 1 is 1.38 bits per heavy atom. The van der Waals surface area contributed by atoms with Crippen LogP contribution < -0.4 is 4.74 Å². The molecule has 0 unspecified atom stereocenters.